The molecule has 0 atom stereocenters. The molecule has 23 heavy (non-hydrogen) atoms. The Hall–Kier alpha value is -1.22. The molecule has 0 saturated heterocycles. The first-order valence-corrected chi connectivity index (χ1v) is 7.48. The van der Waals surface area contributed by atoms with E-state index in [0.29, 0.717) is 13.2 Å². The lowest BCUT2D eigenvalue weighted by Gasteiger charge is -2.14. The lowest BCUT2D eigenvalue weighted by molar-refractivity contribution is 0.195. The minimum Gasteiger partial charge on any atom is -0.493 e. The van der Waals surface area contributed by atoms with E-state index in [1.807, 2.05) is 25.1 Å². The summed E-state index contributed by atoms with van der Waals surface area (Å²) in [4.78, 5) is 4.19. The first kappa shape index (κ1) is 21.8. The zero-order valence-corrected chi connectivity index (χ0v) is 16.7. The Morgan fingerprint density at radius 3 is 2.57 bits per heavy atom. The summed E-state index contributed by atoms with van der Waals surface area (Å²) < 4.78 is 15.9. The molecular formula is C16H28IN3O3. The van der Waals surface area contributed by atoms with E-state index in [1.54, 1.807) is 21.3 Å². The third-order valence-electron chi connectivity index (χ3n) is 3.03. The van der Waals surface area contributed by atoms with Crippen molar-refractivity contribution in [1.29, 1.82) is 0 Å². The maximum atomic E-state index is 5.58. The van der Waals surface area contributed by atoms with Gasteiger partial charge in [-0.1, -0.05) is 6.07 Å². The second kappa shape index (κ2) is 13.2. The lowest BCUT2D eigenvalue weighted by atomic mass is 10.2. The largest absolute Gasteiger partial charge is 0.493 e. The fourth-order valence-corrected chi connectivity index (χ4v) is 1.93. The van der Waals surface area contributed by atoms with E-state index >= 15 is 0 Å². The van der Waals surface area contributed by atoms with Crippen LogP contribution in [0.5, 0.6) is 11.5 Å². The summed E-state index contributed by atoms with van der Waals surface area (Å²) >= 11 is 0. The smallest absolute Gasteiger partial charge is 0.191 e. The molecule has 0 heterocycles. The highest BCUT2D eigenvalue weighted by Crippen LogP contribution is 2.27. The van der Waals surface area contributed by atoms with Crippen LogP contribution in [0.2, 0.25) is 0 Å². The number of ether oxygens (including phenoxy) is 3. The number of hydrogen-bond donors (Lipinski definition) is 2. The molecular weight excluding hydrogens is 409 g/mol. The van der Waals surface area contributed by atoms with Gasteiger partial charge in [0.05, 0.1) is 13.7 Å². The van der Waals surface area contributed by atoms with Crippen molar-refractivity contribution in [1.82, 2.24) is 10.6 Å². The summed E-state index contributed by atoms with van der Waals surface area (Å²) in [7, 11) is 5.10. The van der Waals surface area contributed by atoms with E-state index < -0.39 is 0 Å². The minimum atomic E-state index is 0. The van der Waals surface area contributed by atoms with Crippen LogP contribution in [0, 0.1) is 0 Å². The second-order valence-electron chi connectivity index (χ2n) is 4.62. The number of hydrogen-bond acceptors (Lipinski definition) is 4. The Balaban J connectivity index is 0.00000484. The molecule has 0 unspecified atom stereocenters. The molecule has 0 aliphatic heterocycles. The maximum Gasteiger partial charge on any atom is 0.191 e. The van der Waals surface area contributed by atoms with Crippen LogP contribution in [-0.4, -0.2) is 47.0 Å². The van der Waals surface area contributed by atoms with Gasteiger partial charge in [-0.15, -0.1) is 24.0 Å². The van der Waals surface area contributed by atoms with Crippen molar-refractivity contribution in [2.45, 2.75) is 19.9 Å². The number of methoxy groups -OCH3 is 2. The van der Waals surface area contributed by atoms with Gasteiger partial charge in [-0.05, 0) is 31.0 Å². The molecule has 6 nitrogen and oxygen atoms in total. The van der Waals surface area contributed by atoms with Crippen molar-refractivity contribution in [3.63, 3.8) is 0 Å². The summed E-state index contributed by atoms with van der Waals surface area (Å²) in [6, 6.07) is 5.90. The third-order valence-corrected chi connectivity index (χ3v) is 3.03. The monoisotopic (exact) mass is 437 g/mol. The average Bonchev–Trinajstić information content (AvgIpc) is 2.55. The Morgan fingerprint density at radius 2 is 1.96 bits per heavy atom. The zero-order valence-electron chi connectivity index (χ0n) is 14.3. The van der Waals surface area contributed by atoms with Crippen LogP contribution in [0.25, 0.3) is 0 Å². The first-order chi connectivity index (χ1) is 10.7. The molecule has 0 saturated carbocycles. The molecule has 0 fully saturated rings. The molecule has 7 heteroatoms. The van der Waals surface area contributed by atoms with Crippen molar-refractivity contribution in [2.75, 3.05) is 41.0 Å². The van der Waals surface area contributed by atoms with Gasteiger partial charge >= 0.3 is 0 Å². The van der Waals surface area contributed by atoms with E-state index in [1.165, 1.54) is 0 Å². The predicted molar refractivity (Wildman–Crippen MR) is 104 cm³/mol. The molecule has 0 radical (unpaired) electrons. The van der Waals surface area contributed by atoms with Gasteiger partial charge in [0.1, 0.15) is 0 Å². The number of nitrogens with zero attached hydrogens (tertiary/aromatic N) is 1. The summed E-state index contributed by atoms with van der Waals surface area (Å²) in [5.74, 6) is 2.27. The van der Waals surface area contributed by atoms with Gasteiger partial charge in [-0.3, -0.25) is 4.99 Å². The Labute approximate surface area is 156 Å². The van der Waals surface area contributed by atoms with Gasteiger partial charge in [0, 0.05) is 33.9 Å². The van der Waals surface area contributed by atoms with E-state index in [-0.39, 0.29) is 24.0 Å². The van der Waals surface area contributed by atoms with Gasteiger partial charge in [0.25, 0.3) is 0 Å². The van der Waals surface area contributed by atoms with Gasteiger partial charge in [0.2, 0.25) is 0 Å². The molecule has 2 N–H and O–H groups in total. The number of benzene rings is 1. The molecule has 0 amide bonds. The van der Waals surface area contributed by atoms with E-state index in [0.717, 1.165) is 42.6 Å². The van der Waals surface area contributed by atoms with Crippen molar-refractivity contribution in [3.8, 4) is 11.5 Å². The molecule has 132 valence electrons. The fourth-order valence-electron chi connectivity index (χ4n) is 1.93. The molecule has 0 aromatic heterocycles. The van der Waals surface area contributed by atoms with Gasteiger partial charge in [-0.2, -0.15) is 0 Å². The van der Waals surface area contributed by atoms with Gasteiger partial charge < -0.3 is 24.8 Å². The first-order valence-electron chi connectivity index (χ1n) is 7.48. The summed E-state index contributed by atoms with van der Waals surface area (Å²) in [5.41, 5.74) is 1.10. The maximum absolute atomic E-state index is 5.58. The van der Waals surface area contributed by atoms with E-state index in [9.17, 15) is 0 Å². The highest BCUT2D eigenvalue weighted by molar-refractivity contribution is 14.0. The summed E-state index contributed by atoms with van der Waals surface area (Å²) in [5, 5.41) is 6.51. The standard InChI is InChI=1S/C16H27N3O3.HI/c1-5-22-15-11-13(7-8-14(15)21-4)12-19-16(17-2)18-9-6-10-20-3;/h7-8,11H,5-6,9-10,12H2,1-4H3,(H2,17,18,19);1H. The number of halogens is 1. The molecule has 0 spiro atoms. The lowest BCUT2D eigenvalue weighted by Crippen LogP contribution is -2.37. The molecule has 0 aliphatic rings. The van der Waals surface area contributed by atoms with Gasteiger partial charge in [-0.25, -0.2) is 0 Å². The SMILES string of the molecule is CCOc1cc(CNC(=NC)NCCCOC)ccc1OC.I. The summed E-state index contributed by atoms with van der Waals surface area (Å²) in [6.45, 7) is 4.78. The van der Waals surface area contributed by atoms with E-state index in [4.69, 9.17) is 14.2 Å². The average molecular weight is 437 g/mol. The van der Waals surface area contributed by atoms with Crippen molar-refractivity contribution < 1.29 is 14.2 Å². The number of rotatable bonds is 9. The number of guanidine groups is 1. The number of nitrogens with one attached hydrogen (secondary N) is 2. The highest BCUT2D eigenvalue weighted by atomic mass is 127. The Kier molecular flexibility index (Phi) is 12.5. The van der Waals surface area contributed by atoms with Crippen molar-refractivity contribution >= 4 is 29.9 Å². The normalized spacial score (nSPS) is 10.7. The quantitative estimate of drug-likeness (QED) is 0.269. The third kappa shape index (κ3) is 8.26. The van der Waals surface area contributed by atoms with E-state index in [2.05, 4.69) is 15.6 Å². The van der Waals surface area contributed by atoms with Crippen LogP contribution in [0.1, 0.15) is 18.9 Å². The Morgan fingerprint density at radius 1 is 1.17 bits per heavy atom. The molecule has 0 bridgehead atoms. The van der Waals surface area contributed by atoms with Crippen LogP contribution in [0.4, 0.5) is 0 Å². The minimum absolute atomic E-state index is 0. The van der Waals surface area contributed by atoms with Crippen LogP contribution in [-0.2, 0) is 11.3 Å². The molecule has 0 aliphatic carbocycles. The second-order valence-corrected chi connectivity index (χ2v) is 4.62. The highest BCUT2D eigenvalue weighted by Gasteiger charge is 2.06. The van der Waals surface area contributed by atoms with Crippen LogP contribution in [0.3, 0.4) is 0 Å². The zero-order chi connectivity index (χ0) is 16.2. The van der Waals surface area contributed by atoms with Crippen LogP contribution in [0.15, 0.2) is 23.2 Å². The number of aliphatic imine (C=N–C) groups is 1. The van der Waals surface area contributed by atoms with Crippen LogP contribution < -0.4 is 20.1 Å². The van der Waals surface area contributed by atoms with Crippen molar-refractivity contribution in [3.05, 3.63) is 23.8 Å². The van der Waals surface area contributed by atoms with Gasteiger partial charge in [0.15, 0.2) is 17.5 Å². The fraction of sp³-hybridized carbons (Fsp3) is 0.562. The van der Waals surface area contributed by atoms with Crippen molar-refractivity contribution in [2.24, 2.45) is 4.99 Å². The summed E-state index contributed by atoms with van der Waals surface area (Å²) in [6.07, 6.45) is 0.939. The molecule has 1 rings (SSSR count). The molecule has 1 aromatic carbocycles. The predicted octanol–water partition coefficient (Wildman–Crippen LogP) is 2.41. The molecule has 1 aromatic rings. The van der Waals surface area contributed by atoms with Crippen LogP contribution >= 0.6 is 24.0 Å². The Bertz CT molecular complexity index is 470. The topological polar surface area (TPSA) is 64.1 Å².